The average molecular weight is 426 g/mol. The molecule has 0 unspecified atom stereocenters. The molecule has 7 nitrogen and oxygen atoms in total. The molecule has 0 fully saturated rings. The Labute approximate surface area is 183 Å². The van der Waals surface area contributed by atoms with Crippen LogP contribution in [0.3, 0.4) is 0 Å². The molecule has 31 heavy (non-hydrogen) atoms. The second-order valence-corrected chi connectivity index (χ2v) is 7.96. The Kier molecular flexibility index (Phi) is 8.61. The van der Waals surface area contributed by atoms with Gasteiger partial charge in [-0.25, -0.2) is 9.59 Å². The molecule has 2 aromatic carbocycles. The fourth-order valence-corrected chi connectivity index (χ4v) is 3.08. The highest BCUT2D eigenvalue weighted by Crippen LogP contribution is 2.32. The SMILES string of the molecule is CC(C)c1cccc(C(C)C)c1NC(=O)COC(=O)[C@H](C)NC(=O)Nc1ccccc1. The van der Waals surface area contributed by atoms with E-state index in [2.05, 4.69) is 43.6 Å². The van der Waals surface area contributed by atoms with Gasteiger partial charge in [0.15, 0.2) is 6.61 Å². The first-order chi connectivity index (χ1) is 14.7. The fourth-order valence-electron chi connectivity index (χ4n) is 3.08. The van der Waals surface area contributed by atoms with Crippen LogP contribution < -0.4 is 16.0 Å². The lowest BCUT2D eigenvalue weighted by Crippen LogP contribution is -2.42. The van der Waals surface area contributed by atoms with Crippen molar-refractivity contribution in [1.29, 1.82) is 0 Å². The Balaban J connectivity index is 1.91. The molecule has 0 saturated carbocycles. The molecule has 3 N–H and O–H groups in total. The van der Waals surface area contributed by atoms with Crippen LogP contribution >= 0.6 is 0 Å². The molecule has 1 atom stereocenters. The summed E-state index contributed by atoms with van der Waals surface area (Å²) in [6.07, 6.45) is 0. The van der Waals surface area contributed by atoms with Crippen molar-refractivity contribution in [3.8, 4) is 0 Å². The van der Waals surface area contributed by atoms with Crippen molar-refractivity contribution < 1.29 is 19.1 Å². The Morgan fingerprint density at radius 2 is 1.39 bits per heavy atom. The maximum absolute atomic E-state index is 12.5. The van der Waals surface area contributed by atoms with Gasteiger partial charge < -0.3 is 20.7 Å². The van der Waals surface area contributed by atoms with Crippen molar-refractivity contribution in [1.82, 2.24) is 5.32 Å². The molecule has 0 bridgehead atoms. The van der Waals surface area contributed by atoms with E-state index in [4.69, 9.17) is 4.74 Å². The zero-order valence-corrected chi connectivity index (χ0v) is 18.7. The van der Waals surface area contributed by atoms with Crippen molar-refractivity contribution in [3.05, 3.63) is 59.7 Å². The minimum Gasteiger partial charge on any atom is -0.454 e. The van der Waals surface area contributed by atoms with Gasteiger partial charge in [-0.1, -0.05) is 64.1 Å². The molecule has 0 aromatic heterocycles. The van der Waals surface area contributed by atoms with E-state index in [1.165, 1.54) is 6.92 Å². The van der Waals surface area contributed by atoms with E-state index in [0.717, 1.165) is 16.8 Å². The topological polar surface area (TPSA) is 96.5 Å². The van der Waals surface area contributed by atoms with E-state index in [0.29, 0.717) is 5.69 Å². The van der Waals surface area contributed by atoms with Gasteiger partial charge in [0.1, 0.15) is 6.04 Å². The summed E-state index contributed by atoms with van der Waals surface area (Å²) in [5.41, 5.74) is 3.42. The highest BCUT2D eigenvalue weighted by Gasteiger charge is 2.20. The van der Waals surface area contributed by atoms with E-state index in [9.17, 15) is 14.4 Å². The number of benzene rings is 2. The van der Waals surface area contributed by atoms with Gasteiger partial charge in [-0.05, 0) is 42.0 Å². The van der Waals surface area contributed by atoms with Crippen LogP contribution in [-0.2, 0) is 14.3 Å². The minimum absolute atomic E-state index is 0.226. The lowest BCUT2D eigenvalue weighted by Gasteiger charge is -2.20. The first-order valence-electron chi connectivity index (χ1n) is 10.4. The molecule has 0 saturated heterocycles. The van der Waals surface area contributed by atoms with Crippen molar-refractivity contribution in [2.45, 2.75) is 52.5 Å². The second kappa shape index (κ2) is 11.2. The van der Waals surface area contributed by atoms with E-state index in [1.54, 1.807) is 24.3 Å². The molecular formula is C24H31N3O4. The quantitative estimate of drug-likeness (QED) is 0.538. The molecule has 0 aliphatic carbocycles. The van der Waals surface area contributed by atoms with Gasteiger partial charge in [0, 0.05) is 11.4 Å². The highest BCUT2D eigenvalue weighted by molar-refractivity contribution is 5.96. The first-order valence-corrected chi connectivity index (χ1v) is 10.4. The van der Waals surface area contributed by atoms with Gasteiger partial charge in [0.05, 0.1) is 0 Å². The van der Waals surface area contributed by atoms with Crippen molar-refractivity contribution in [3.63, 3.8) is 0 Å². The number of carbonyl (C=O) groups excluding carboxylic acids is 3. The van der Waals surface area contributed by atoms with Crippen LogP contribution in [0.1, 0.15) is 57.6 Å². The number of rotatable bonds is 8. The Bertz CT molecular complexity index is 884. The lowest BCUT2D eigenvalue weighted by atomic mass is 9.92. The highest BCUT2D eigenvalue weighted by atomic mass is 16.5. The van der Waals surface area contributed by atoms with Gasteiger partial charge >= 0.3 is 12.0 Å². The van der Waals surface area contributed by atoms with Crippen molar-refractivity contribution >= 4 is 29.3 Å². The van der Waals surface area contributed by atoms with E-state index < -0.39 is 30.6 Å². The monoisotopic (exact) mass is 425 g/mol. The van der Waals surface area contributed by atoms with Crippen molar-refractivity contribution in [2.24, 2.45) is 0 Å². The molecule has 166 valence electrons. The standard InChI is InChI=1S/C24H31N3O4/c1-15(2)19-12-9-13-20(16(3)4)22(19)27-21(28)14-31-23(29)17(5)25-24(30)26-18-10-7-6-8-11-18/h6-13,15-17H,14H2,1-5H3,(H,27,28)(H2,25,26,30)/t17-/m0/s1. The van der Waals surface area contributed by atoms with Crippen molar-refractivity contribution in [2.75, 3.05) is 17.2 Å². The number of carbonyl (C=O) groups is 3. The fraction of sp³-hybridized carbons (Fsp3) is 0.375. The summed E-state index contributed by atoms with van der Waals surface area (Å²) in [7, 11) is 0. The first kappa shape index (κ1) is 23.9. The van der Waals surface area contributed by atoms with Gasteiger partial charge in [-0.15, -0.1) is 0 Å². The zero-order valence-electron chi connectivity index (χ0n) is 18.7. The predicted molar refractivity (Wildman–Crippen MR) is 122 cm³/mol. The number of para-hydroxylation sites is 2. The molecule has 3 amide bonds. The van der Waals surface area contributed by atoms with Crippen LogP contribution in [0.15, 0.2) is 48.5 Å². The average Bonchev–Trinajstić information content (AvgIpc) is 2.72. The Hall–Kier alpha value is -3.35. The summed E-state index contributed by atoms with van der Waals surface area (Å²) in [6, 6.07) is 13.4. The van der Waals surface area contributed by atoms with Crippen LogP contribution in [0.5, 0.6) is 0 Å². The molecule has 2 rings (SSSR count). The van der Waals surface area contributed by atoms with Crippen LogP contribution in [0, 0.1) is 0 Å². The molecular weight excluding hydrogens is 394 g/mol. The summed E-state index contributed by atoms with van der Waals surface area (Å²) in [5.74, 6) is -0.670. The number of esters is 1. The number of hydrogen-bond donors (Lipinski definition) is 3. The van der Waals surface area contributed by atoms with Gasteiger partial charge in [0.25, 0.3) is 5.91 Å². The summed E-state index contributed by atoms with van der Waals surface area (Å²) < 4.78 is 5.10. The number of amides is 3. The number of anilines is 2. The number of hydrogen-bond acceptors (Lipinski definition) is 4. The van der Waals surface area contributed by atoms with Crippen LogP contribution in [-0.4, -0.2) is 30.6 Å². The second-order valence-electron chi connectivity index (χ2n) is 7.96. The van der Waals surface area contributed by atoms with Crippen LogP contribution in [0.4, 0.5) is 16.2 Å². The zero-order chi connectivity index (χ0) is 23.0. The molecule has 0 heterocycles. The van der Waals surface area contributed by atoms with Gasteiger partial charge in [-0.2, -0.15) is 0 Å². The molecule has 0 aliphatic rings. The number of urea groups is 1. The maximum Gasteiger partial charge on any atom is 0.328 e. The third kappa shape index (κ3) is 7.13. The van der Waals surface area contributed by atoms with Crippen LogP contribution in [0.2, 0.25) is 0 Å². The summed E-state index contributed by atoms with van der Waals surface area (Å²) in [4.78, 5) is 36.7. The summed E-state index contributed by atoms with van der Waals surface area (Å²) in [6.45, 7) is 9.29. The Morgan fingerprint density at radius 1 is 0.806 bits per heavy atom. The van der Waals surface area contributed by atoms with E-state index >= 15 is 0 Å². The normalized spacial score (nSPS) is 11.7. The van der Waals surface area contributed by atoms with Crippen LogP contribution in [0.25, 0.3) is 0 Å². The predicted octanol–water partition coefficient (Wildman–Crippen LogP) is 4.63. The molecule has 7 heteroatoms. The molecule has 0 radical (unpaired) electrons. The summed E-state index contributed by atoms with van der Waals surface area (Å²) in [5, 5.41) is 8.01. The lowest BCUT2D eigenvalue weighted by molar-refractivity contribution is -0.148. The van der Waals surface area contributed by atoms with Gasteiger partial charge in [-0.3, -0.25) is 4.79 Å². The number of ether oxygens (including phenoxy) is 1. The third-order valence-electron chi connectivity index (χ3n) is 4.72. The third-order valence-corrected chi connectivity index (χ3v) is 4.72. The van der Waals surface area contributed by atoms with E-state index in [1.807, 2.05) is 24.3 Å². The largest absolute Gasteiger partial charge is 0.454 e. The Morgan fingerprint density at radius 3 is 1.94 bits per heavy atom. The molecule has 2 aromatic rings. The van der Waals surface area contributed by atoms with E-state index in [-0.39, 0.29) is 11.8 Å². The number of nitrogens with one attached hydrogen (secondary N) is 3. The molecule has 0 spiro atoms. The summed E-state index contributed by atoms with van der Waals surface area (Å²) >= 11 is 0. The van der Waals surface area contributed by atoms with Gasteiger partial charge in [0.2, 0.25) is 0 Å². The molecule has 0 aliphatic heterocycles. The minimum atomic E-state index is -0.911. The maximum atomic E-state index is 12.5. The smallest absolute Gasteiger partial charge is 0.328 e.